The summed E-state index contributed by atoms with van der Waals surface area (Å²) in [6, 6.07) is 7.68. The van der Waals surface area contributed by atoms with Gasteiger partial charge in [0, 0.05) is 5.56 Å². The quantitative estimate of drug-likeness (QED) is 0.830. The molecule has 4 heteroatoms. The normalized spacial score (nSPS) is 14.1. The molecule has 1 aromatic carbocycles. The number of fused-ring (bicyclic) bond motifs is 1. The van der Waals surface area contributed by atoms with E-state index < -0.39 is 11.7 Å². The van der Waals surface area contributed by atoms with Gasteiger partial charge in [0.15, 0.2) is 0 Å². The van der Waals surface area contributed by atoms with Crippen LogP contribution in [0.3, 0.4) is 0 Å². The molecule has 1 amide bonds. The number of ether oxygens (including phenoxy) is 2. The SMILES string of the molecule is CC(C)(C)OC(=O)NC1=Cc2ccccc2OC1. The molecule has 96 valence electrons. The Labute approximate surface area is 107 Å². The standard InChI is InChI=1S/C14H17NO3/c1-14(2,3)18-13(16)15-11-8-10-6-4-5-7-12(10)17-9-11/h4-8H,9H2,1-3H3,(H,15,16). The average Bonchev–Trinajstić information content (AvgIpc) is 2.26. The molecule has 0 saturated carbocycles. The van der Waals surface area contributed by atoms with Crippen molar-refractivity contribution in [2.45, 2.75) is 26.4 Å². The summed E-state index contributed by atoms with van der Waals surface area (Å²) in [6.07, 6.45) is 1.43. The maximum atomic E-state index is 11.6. The number of hydrogen-bond acceptors (Lipinski definition) is 3. The summed E-state index contributed by atoms with van der Waals surface area (Å²) in [6.45, 7) is 5.82. The van der Waals surface area contributed by atoms with Crippen LogP contribution in [0.5, 0.6) is 5.75 Å². The van der Waals surface area contributed by atoms with E-state index >= 15 is 0 Å². The number of amides is 1. The van der Waals surface area contributed by atoms with Gasteiger partial charge in [-0.3, -0.25) is 5.32 Å². The highest BCUT2D eigenvalue weighted by atomic mass is 16.6. The molecule has 4 nitrogen and oxygen atoms in total. The number of carbonyl (C=O) groups is 1. The molecule has 1 aromatic rings. The van der Waals surface area contributed by atoms with Crippen LogP contribution in [0.15, 0.2) is 30.0 Å². The van der Waals surface area contributed by atoms with E-state index in [4.69, 9.17) is 9.47 Å². The minimum absolute atomic E-state index is 0.344. The number of hydrogen-bond donors (Lipinski definition) is 1. The third-order valence-electron chi connectivity index (χ3n) is 2.29. The first-order valence-electron chi connectivity index (χ1n) is 5.86. The van der Waals surface area contributed by atoms with E-state index in [1.54, 1.807) is 0 Å². The zero-order valence-corrected chi connectivity index (χ0v) is 10.8. The Bertz CT molecular complexity index is 486. The van der Waals surface area contributed by atoms with Crippen LogP contribution in [0.1, 0.15) is 26.3 Å². The molecule has 0 spiro atoms. The highest BCUT2D eigenvalue weighted by molar-refractivity contribution is 5.73. The molecule has 1 aliphatic heterocycles. The monoisotopic (exact) mass is 247 g/mol. The summed E-state index contributed by atoms with van der Waals surface area (Å²) in [4.78, 5) is 11.6. The fraction of sp³-hybridized carbons (Fsp3) is 0.357. The Morgan fingerprint density at radius 3 is 2.78 bits per heavy atom. The Morgan fingerprint density at radius 2 is 2.06 bits per heavy atom. The molecule has 1 N–H and O–H groups in total. The predicted octanol–water partition coefficient (Wildman–Crippen LogP) is 2.94. The predicted molar refractivity (Wildman–Crippen MR) is 69.3 cm³/mol. The Kier molecular flexibility index (Phi) is 3.28. The molecule has 0 aromatic heterocycles. The maximum absolute atomic E-state index is 11.6. The molecule has 0 saturated heterocycles. The Balaban J connectivity index is 2.04. The van der Waals surface area contributed by atoms with Crippen molar-refractivity contribution in [2.75, 3.05) is 6.61 Å². The van der Waals surface area contributed by atoms with Crippen LogP contribution in [0.2, 0.25) is 0 Å². The molecule has 0 unspecified atom stereocenters. The summed E-state index contributed by atoms with van der Waals surface area (Å²) >= 11 is 0. The van der Waals surface area contributed by atoms with Crippen molar-refractivity contribution >= 4 is 12.2 Å². The molecule has 0 bridgehead atoms. The fourth-order valence-electron chi connectivity index (χ4n) is 1.62. The second-order valence-electron chi connectivity index (χ2n) is 5.12. The molecule has 0 atom stereocenters. The Morgan fingerprint density at radius 1 is 1.33 bits per heavy atom. The lowest BCUT2D eigenvalue weighted by atomic mass is 10.1. The van der Waals surface area contributed by atoms with Gasteiger partial charge in [0.25, 0.3) is 0 Å². The van der Waals surface area contributed by atoms with E-state index in [-0.39, 0.29) is 0 Å². The van der Waals surface area contributed by atoms with Gasteiger partial charge in [0.2, 0.25) is 0 Å². The van der Waals surface area contributed by atoms with Crippen LogP contribution in [-0.4, -0.2) is 18.3 Å². The smallest absolute Gasteiger partial charge is 0.412 e. The van der Waals surface area contributed by atoms with E-state index in [0.29, 0.717) is 12.3 Å². The summed E-state index contributed by atoms with van der Waals surface area (Å²) < 4.78 is 10.7. The number of carbonyl (C=O) groups excluding carboxylic acids is 1. The summed E-state index contributed by atoms with van der Waals surface area (Å²) in [5, 5.41) is 2.69. The topological polar surface area (TPSA) is 47.6 Å². The average molecular weight is 247 g/mol. The first-order chi connectivity index (χ1) is 8.44. The van der Waals surface area contributed by atoms with Crippen LogP contribution in [-0.2, 0) is 4.74 Å². The lowest BCUT2D eigenvalue weighted by Gasteiger charge is -2.22. The second-order valence-corrected chi connectivity index (χ2v) is 5.12. The largest absolute Gasteiger partial charge is 0.487 e. The van der Waals surface area contributed by atoms with Gasteiger partial charge in [0.05, 0.1) is 5.70 Å². The summed E-state index contributed by atoms with van der Waals surface area (Å²) in [5.74, 6) is 0.826. The number of nitrogens with one attached hydrogen (secondary N) is 1. The molecule has 0 radical (unpaired) electrons. The fourth-order valence-corrected chi connectivity index (χ4v) is 1.62. The number of benzene rings is 1. The number of alkyl carbamates (subject to hydrolysis) is 1. The molecule has 2 rings (SSSR count). The lowest BCUT2D eigenvalue weighted by molar-refractivity contribution is 0.0540. The molecule has 0 fully saturated rings. The minimum Gasteiger partial charge on any atom is -0.487 e. The van der Waals surface area contributed by atoms with Gasteiger partial charge in [-0.05, 0) is 32.9 Å². The van der Waals surface area contributed by atoms with Crippen molar-refractivity contribution in [3.05, 3.63) is 35.5 Å². The van der Waals surface area contributed by atoms with Crippen molar-refractivity contribution < 1.29 is 14.3 Å². The van der Waals surface area contributed by atoms with Gasteiger partial charge in [0.1, 0.15) is 18.0 Å². The second kappa shape index (κ2) is 4.72. The van der Waals surface area contributed by atoms with Gasteiger partial charge in [-0.15, -0.1) is 0 Å². The van der Waals surface area contributed by atoms with Gasteiger partial charge >= 0.3 is 6.09 Å². The third-order valence-corrected chi connectivity index (χ3v) is 2.29. The van der Waals surface area contributed by atoms with Crippen LogP contribution in [0.4, 0.5) is 4.79 Å². The molecule has 18 heavy (non-hydrogen) atoms. The van der Waals surface area contributed by atoms with Crippen LogP contribution >= 0.6 is 0 Å². The van der Waals surface area contributed by atoms with Crippen molar-refractivity contribution in [1.29, 1.82) is 0 Å². The van der Waals surface area contributed by atoms with Crippen molar-refractivity contribution in [3.8, 4) is 5.75 Å². The summed E-state index contributed by atoms with van der Waals surface area (Å²) in [7, 11) is 0. The van der Waals surface area contributed by atoms with E-state index in [0.717, 1.165) is 11.3 Å². The molecule has 1 heterocycles. The maximum Gasteiger partial charge on any atom is 0.412 e. The highest BCUT2D eigenvalue weighted by Crippen LogP contribution is 2.24. The van der Waals surface area contributed by atoms with Gasteiger partial charge in [-0.25, -0.2) is 4.79 Å². The van der Waals surface area contributed by atoms with Crippen molar-refractivity contribution in [3.63, 3.8) is 0 Å². The Hall–Kier alpha value is -1.97. The molecular weight excluding hydrogens is 230 g/mol. The van der Waals surface area contributed by atoms with Gasteiger partial charge in [-0.2, -0.15) is 0 Å². The highest BCUT2D eigenvalue weighted by Gasteiger charge is 2.18. The van der Waals surface area contributed by atoms with E-state index in [2.05, 4.69) is 5.32 Å². The first kappa shape index (κ1) is 12.5. The van der Waals surface area contributed by atoms with Crippen LogP contribution in [0.25, 0.3) is 6.08 Å². The van der Waals surface area contributed by atoms with Crippen LogP contribution < -0.4 is 10.1 Å². The molecule has 1 aliphatic rings. The molecule has 0 aliphatic carbocycles. The number of para-hydroxylation sites is 1. The summed E-state index contributed by atoms with van der Waals surface area (Å²) in [5.41, 5.74) is 1.15. The zero-order valence-electron chi connectivity index (χ0n) is 10.8. The van der Waals surface area contributed by atoms with Crippen molar-refractivity contribution in [1.82, 2.24) is 5.32 Å². The van der Waals surface area contributed by atoms with Gasteiger partial charge < -0.3 is 9.47 Å². The molecular formula is C14H17NO3. The lowest BCUT2D eigenvalue weighted by Crippen LogP contribution is -2.34. The van der Waals surface area contributed by atoms with E-state index in [1.807, 2.05) is 51.1 Å². The third kappa shape index (κ3) is 3.26. The van der Waals surface area contributed by atoms with Gasteiger partial charge in [-0.1, -0.05) is 18.2 Å². The van der Waals surface area contributed by atoms with Crippen LogP contribution in [0, 0.1) is 0 Å². The zero-order chi connectivity index (χ0) is 13.2. The minimum atomic E-state index is -0.502. The number of rotatable bonds is 1. The van der Waals surface area contributed by atoms with E-state index in [1.165, 1.54) is 0 Å². The van der Waals surface area contributed by atoms with Crippen molar-refractivity contribution in [2.24, 2.45) is 0 Å². The first-order valence-corrected chi connectivity index (χ1v) is 5.86. The van der Waals surface area contributed by atoms with E-state index in [9.17, 15) is 4.79 Å².